The molecule has 1 heterocycles. The number of nitrogen functional groups attached to an aromatic ring is 1. The Morgan fingerprint density at radius 2 is 2.50 bits per heavy atom. The highest BCUT2D eigenvalue weighted by Crippen LogP contribution is 2.20. The molecule has 0 bridgehead atoms. The number of hydrogen-bond acceptors (Lipinski definition) is 4. The summed E-state index contributed by atoms with van der Waals surface area (Å²) in [7, 11) is 0. The van der Waals surface area contributed by atoms with Crippen LogP contribution in [0.3, 0.4) is 0 Å². The van der Waals surface area contributed by atoms with Crippen LogP contribution in [0, 0.1) is 0 Å². The Morgan fingerprint density at radius 1 is 1.67 bits per heavy atom. The first-order chi connectivity index (χ1) is 5.86. The molecule has 1 aliphatic rings. The first kappa shape index (κ1) is 8.01. The Kier molecular flexibility index (Phi) is 2.28. The van der Waals surface area contributed by atoms with Gasteiger partial charge in [-0.15, -0.1) is 11.3 Å². The van der Waals surface area contributed by atoms with E-state index in [9.17, 15) is 0 Å². The smallest absolute Gasteiger partial charge is 0.138 e. The fourth-order valence-corrected chi connectivity index (χ4v) is 1.89. The summed E-state index contributed by atoms with van der Waals surface area (Å²) >= 11 is 1.63. The van der Waals surface area contributed by atoms with Gasteiger partial charge in [0.2, 0.25) is 0 Å². The molecule has 1 saturated carbocycles. The fourth-order valence-electron chi connectivity index (χ4n) is 1.26. The zero-order valence-corrected chi connectivity index (χ0v) is 7.73. The Bertz CT molecular complexity index is 255. The van der Waals surface area contributed by atoms with Crippen LogP contribution < -0.4 is 11.1 Å². The molecule has 0 aromatic carbocycles. The Hall–Kier alpha value is -0.610. The molecule has 66 valence electrons. The monoisotopic (exact) mass is 183 g/mol. The number of nitrogens with one attached hydrogen (secondary N) is 1. The third-order valence-corrected chi connectivity index (χ3v) is 3.18. The van der Waals surface area contributed by atoms with Gasteiger partial charge in [0.15, 0.2) is 0 Å². The number of aromatic nitrogens is 1. The summed E-state index contributed by atoms with van der Waals surface area (Å²) in [6.07, 6.45) is 4.01. The van der Waals surface area contributed by atoms with Gasteiger partial charge in [0.05, 0.1) is 10.4 Å². The van der Waals surface area contributed by atoms with E-state index >= 15 is 0 Å². The molecule has 0 unspecified atom stereocenters. The van der Waals surface area contributed by atoms with Crippen LogP contribution in [0.4, 0.5) is 5.82 Å². The lowest BCUT2D eigenvalue weighted by Gasteiger charge is -2.26. The molecule has 1 aliphatic carbocycles. The van der Waals surface area contributed by atoms with Crippen molar-refractivity contribution in [1.82, 2.24) is 10.3 Å². The largest absolute Gasteiger partial charge is 0.383 e. The van der Waals surface area contributed by atoms with Crippen LogP contribution in [0.2, 0.25) is 0 Å². The summed E-state index contributed by atoms with van der Waals surface area (Å²) in [6.45, 7) is 0.890. The molecular weight excluding hydrogens is 170 g/mol. The van der Waals surface area contributed by atoms with Gasteiger partial charge in [-0.05, 0) is 12.8 Å². The molecule has 3 nitrogen and oxygen atoms in total. The average Bonchev–Trinajstić information content (AvgIpc) is 2.33. The van der Waals surface area contributed by atoms with Crippen molar-refractivity contribution < 1.29 is 0 Å². The maximum absolute atomic E-state index is 5.65. The van der Waals surface area contributed by atoms with E-state index in [1.807, 2.05) is 0 Å². The molecule has 0 radical (unpaired) electrons. The number of rotatable bonds is 3. The fraction of sp³-hybridized carbons (Fsp3) is 0.625. The minimum atomic E-state index is 0.687. The zero-order chi connectivity index (χ0) is 8.39. The molecule has 1 aromatic heterocycles. The minimum absolute atomic E-state index is 0.687. The van der Waals surface area contributed by atoms with Gasteiger partial charge in [0.1, 0.15) is 5.82 Å². The second-order valence-corrected chi connectivity index (χ2v) is 4.11. The Morgan fingerprint density at radius 3 is 3.00 bits per heavy atom. The minimum Gasteiger partial charge on any atom is -0.383 e. The van der Waals surface area contributed by atoms with Crippen molar-refractivity contribution in [2.24, 2.45) is 0 Å². The van der Waals surface area contributed by atoms with Crippen LogP contribution in [0.25, 0.3) is 0 Å². The highest BCUT2D eigenvalue weighted by atomic mass is 32.1. The van der Waals surface area contributed by atoms with E-state index in [-0.39, 0.29) is 0 Å². The van der Waals surface area contributed by atoms with E-state index in [4.69, 9.17) is 5.73 Å². The summed E-state index contributed by atoms with van der Waals surface area (Å²) in [5.41, 5.74) is 7.44. The van der Waals surface area contributed by atoms with Crippen LogP contribution in [-0.4, -0.2) is 11.0 Å². The summed E-state index contributed by atoms with van der Waals surface area (Å²) in [4.78, 5) is 5.16. The molecule has 0 amide bonds. The number of nitrogens with zero attached hydrogens (tertiary/aromatic N) is 1. The predicted octanol–water partition coefficient (Wildman–Crippen LogP) is 1.37. The Balaban J connectivity index is 1.82. The molecule has 0 spiro atoms. The molecule has 2 rings (SSSR count). The van der Waals surface area contributed by atoms with Gasteiger partial charge in [0.25, 0.3) is 0 Å². The number of thiazole rings is 1. The van der Waals surface area contributed by atoms with Crippen LogP contribution >= 0.6 is 11.3 Å². The van der Waals surface area contributed by atoms with Crippen LogP contribution in [0.1, 0.15) is 24.1 Å². The summed E-state index contributed by atoms with van der Waals surface area (Å²) in [6, 6.07) is 0.728. The van der Waals surface area contributed by atoms with Crippen molar-refractivity contribution in [1.29, 1.82) is 0 Å². The van der Waals surface area contributed by atoms with Gasteiger partial charge in [-0.3, -0.25) is 0 Å². The van der Waals surface area contributed by atoms with Gasteiger partial charge in [-0.2, -0.15) is 0 Å². The SMILES string of the molecule is Nc1ncsc1CNC1CCC1. The third-order valence-electron chi connectivity index (χ3n) is 2.33. The standard InChI is InChI=1S/C8H13N3S/c9-8-7(12-5-11-8)4-10-6-2-1-3-6/h5-6,10H,1-4,9H2. The lowest BCUT2D eigenvalue weighted by Crippen LogP contribution is -2.34. The maximum Gasteiger partial charge on any atom is 0.138 e. The highest BCUT2D eigenvalue weighted by Gasteiger charge is 2.16. The lowest BCUT2D eigenvalue weighted by molar-refractivity contribution is 0.339. The van der Waals surface area contributed by atoms with E-state index in [0.29, 0.717) is 5.82 Å². The summed E-state index contributed by atoms with van der Waals surface area (Å²) in [5, 5.41) is 3.45. The van der Waals surface area contributed by atoms with Gasteiger partial charge in [0, 0.05) is 12.6 Å². The quantitative estimate of drug-likeness (QED) is 0.744. The number of anilines is 1. The number of nitrogens with two attached hydrogens (primary N) is 1. The second kappa shape index (κ2) is 3.41. The van der Waals surface area contributed by atoms with Crippen molar-refractivity contribution in [3.8, 4) is 0 Å². The number of hydrogen-bond donors (Lipinski definition) is 2. The average molecular weight is 183 g/mol. The topological polar surface area (TPSA) is 50.9 Å². The van der Waals surface area contributed by atoms with Crippen LogP contribution in [-0.2, 0) is 6.54 Å². The van der Waals surface area contributed by atoms with Crippen molar-refractivity contribution in [3.63, 3.8) is 0 Å². The van der Waals surface area contributed by atoms with Gasteiger partial charge < -0.3 is 11.1 Å². The molecule has 0 atom stereocenters. The Labute approximate surface area is 76.0 Å². The molecule has 0 saturated heterocycles. The first-order valence-electron chi connectivity index (χ1n) is 4.27. The third kappa shape index (κ3) is 1.59. The maximum atomic E-state index is 5.65. The molecule has 3 N–H and O–H groups in total. The van der Waals surface area contributed by atoms with Crippen LogP contribution in [0.5, 0.6) is 0 Å². The van der Waals surface area contributed by atoms with Crippen LogP contribution in [0.15, 0.2) is 5.51 Å². The molecule has 1 aromatic rings. The van der Waals surface area contributed by atoms with Crippen molar-refractivity contribution >= 4 is 17.2 Å². The molecule has 1 fully saturated rings. The zero-order valence-electron chi connectivity index (χ0n) is 6.92. The highest BCUT2D eigenvalue weighted by molar-refractivity contribution is 7.10. The molecule has 4 heteroatoms. The second-order valence-electron chi connectivity index (χ2n) is 3.17. The van der Waals surface area contributed by atoms with Crippen molar-refractivity contribution in [3.05, 3.63) is 10.4 Å². The van der Waals surface area contributed by atoms with E-state index in [1.165, 1.54) is 24.1 Å². The van der Waals surface area contributed by atoms with E-state index < -0.39 is 0 Å². The normalized spacial score (nSPS) is 17.7. The molecule has 12 heavy (non-hydrogen) atoms. The van der Waals surface area contributed by atoms with Gasteiger partial charge in [-0.25, -0.2) is 4.98 Å². The van der Waals surface area contributed by atoms with E-state index in [1.54, 1.807) is 16.8 Å². The van der Waals surface area contributed by atoms with E-state index in [2.05, 4.69) is 10.3 Å². The van der Waals surface area contributed by atoms with E-state index in [0.717, 1.165) is 12.6 Å². The lowest BCUT2D eigenvalue weighted by atomic mass is 9.93. The predicted molar refractivity (Wildman–Crippen MR) is 51.0 cm³/mol. The van der Waals surface area contributed by atoms with Crippen molar-refractivity contribution in [2.75, 3.05) is 5.73 Å². The first-order valence-corrected chi connectivity index (χ1v) is 5.15. The summed E-state index contributed by atoms with van der Waals surface area (Å²) in [5.74, 6) is 0.687. The van der Waals surface area contributed by atoms with Crippen molar-refractivity contribution in [2.45, 2.75) is 31.8 Å². The van der Waals surface area contributed by atoms with Gasteiger partial charge in [-0.1, -0.05) is 6.42 Å². The molecular formula is C8H13N3S. The molecule has 0 aliphatic heterocycles. The summed E-state index contributed by atoms with van der Waals surface area (Å²) < 4.78 is 0. The van der Waals surface area contributed by atoms with Gasteiger partial charge >= 0.3 is 0 Å².